The maximum atomic E-state index is 11.8. The van der Waals surface area contributed by atoms with Crippen LogP contribution in [0.4, 0.5) is 10.6 Å². The van der Waals surface area contributed by atoms with Crippen LogP contribution in [0.5, 0.6) is 0 Å². The Bertz CT molecular complexity index is 708. The number of benzene rings is 1. The summed E-state index contributed by atoms with van der Waals surface area (Å²) in [4.78, 5) is 14.8. The van der Waals surface area contributed by atoms with Crippen molar-refractivity contribution in [3.63, 3.8) is 0 Å². The molecule has 5 nitrogen and oxygen atoms in total. The number of nitrogens with one attached hydrogen (secondary N) is 2. The molecule has 0 saturated heterocycles. The lowest BCUT2D eigenvalue weighted by atomic mass is 10.2. The summed E-state index contributed by atoms with van der Waals surface area (Å²) in [5.74, 6) is 0.342. The molecule has 1 aromatic heterocycles. The van der Waals surface area contributed by atoms with Gasteiger partial charge in [-0.1, -0.05) is 22.0 Å². The molecular formula is C14H14BrN3O2. The van der Waals surface area contributed by atoms with Crippen LogP contribution in [0.1, 0.15) is 26.3 Å². The molecule has 0 saturated carbocycles. The molecule has 0 bridgehead atoms. The van der Waals surface area contributed by atoms with Crippen molar-refractivity contribution in [1.82, 2.24) is 4.98 Å². The molecule has 0 aliphatic heterocycles. The van der Waals surface area contributed by atoms with Crippen LogP contribution in [-0.2, 0) is 4.74 Å². The quantitative estimate of drug-likeness (QED) is 0.821. The number of anilines is 1. The number of hydrogen-bond acceptors (Lipinski definition) is 3. The number of rotatable bonds is 1. The van der Waals surface area contributed by atoms with E-state index in [1.54, 1.807) is 20.8 Å². The summed E-state index contributed by atoms with van der Waals surface area (Å²) >= 11 is 3.36. The van der Waals surface area contributed by atoms with Gasteiger partial charge in [-0.3, -0.25) is 5.32 Å². The highest BCUT2D eigenvalue weighted by atomic mass is 79.9. The Hall–Kier alpha value is -2.00. The molecule has 2 aromatic rings. The lowest BCUT2D eigenvalue weighted by Gasteiger charge is -2.19. The van der Waals surface area contributed by atoms with Crippen LogP contribution in [0.25, 0.3) is 10.9 Å². The summed E-state index contributed by atoms with van der Waals surface area (Å²) in [5, 5.41) is 12.6. The molecule has 1 heterocycles. The highest BCUT2D eigenvalue weighted by molar-refractivity contribution is 9.10. The Morgan fingerprint density at radius 1 is 1.45 bits per heavy atom. The summed E-state index contributed by atoms with van der Waals surface area (Å²) in [6.07, 6.45) is -0.598. The number of carbonyl (C=O) groups excluding carboxylic acids is 1. The molecule has 2 N–H and O–H groups in total. The summed E-state index contributed by atoms with van der Waals surface area (Å²) in [6.45, 7) is 5.33. The van der Waals surface area contributed by atoms with Crippen molar-refractivity contribution < 1.29 is 9.53 Å². The first-order valence-corrected chi connectivity index (χ1v) is 6.81. The van der Waals surface area contributed by atoms with Crippen LogP contribution in [0.3, 0.4) is 0 Å². The van der Waals surface area contributed by atoms with Gasteiger partial charge in [0.25, 0.3) is 0 Å². The lowest BCUT2D eigenvalue weighted by Crippen LogP contribution is -2.27. The van der Waals surface area contributed by atoms with Crippen LogP contribution < -0.4 is 5.32 Å². The van der Waals surface area contributed by atoms with Crippen LogP contribution >= 0.6 is 15.9 Å². The minimum atomic E-state index is -0.598. The van der Waals surface area contributed by atoms with Crippen LogP contribution in [-0.4, -0.2) is 16.7 Å². The van der Waals surface area contributed by atoms with Gasteiger partial charge in [0.1, 0.15) is 23.1 Å². The van der Waals surface area contributed by atoms with Crippen molar-refractivity contribution in [3.8, 4) is 6.07 Å². The smallest absolute Gasteiger partial charge is 0.413 e. The second-order valence-electron chi connectivity index (χ2n) is 5.30. The van der Waals surface area contributed by atoms with Crippen molar-refractivity contribution in [2.75, 3.05) is 5.32 Å². The molecule has 0 radical (unpaired) electrons. The van der Waals surface area contributed by atoms with E-state index in [1.807, 2.05) is 18.2 Å². The predicted molar refractivity (Wildman–Crippen MR) is 80.6 cm³/mol. The first kappa shape index (κ1) is 14.4. The van der Waals surface area contributed by atoms with E-state index in [9.17, 15) is 10.1 Å². The fourth-order valence-corrected chi connectivity index (χ4v) is 2.15. The van der Waals surface area contributed by atoms with Gasteiger partial charge < -0.3 is 9.72 Å². The predicted octanol–water partition coefficient (Wildman–Crippen LogP) is 4.15. The zero-order valence-electron chi connectivity index (χ0n) is 11.4. The van der Waals surface area contributed by atoms with Gasteiger partial charge in [0, 0.05) is 15.4 Å². The summed E-state index contributed by atoms with van der Waals surface area (Å²) in [5.41, 5.74) is 0.562. The Kier molecular flexibility index (Phi) is 3.73. The van der Waals surface area contributed by atoms with E-state index in [4.69, 9.17) is 4.74 Å². The minimum Gasteiger partial charge on any atom is -0.444 e. The monoisotopic (exact) mass is 335 g/mol. The van der Waals surface area contributed by atoms with Gasteiger partial charge in [-0.15, -0.1) is 0 Å². The number of aromatic amines is 1. The topological polar surface area (TPSA) is 77.9 Å². The first-order chi connectivity index (χ1) is 9.30. The largest absolute Gasteiger partial charge is 0.444 e. The van der Waals surface area contributed by atoms with E-state index in [1.165, 1.54) is 0 Å². The van der Waals surface area contributed by atoms with Gasteiger partial charge in [-0.25, -0.2) is 4.79 Å². The number of halogens is 1. The van der Waals surface area contributed by atoms with E-state index < -0.39 is 11.7 Å². The molecule has 20 heavy (non-hydrogen) atoms. The summed E-state index contributed by atoms with van der Waals surface area (Å²) < 4.78 is 6.06. The zero-order chi connectivity index (χ0) is 14.9. The number of H-pyrrole nitrogens is 1. The highest BCUT2D eigenvalue weighted by Crippen LogP contribution is 2.28. The molecule has 0 aliphatic carbocycles. The third-order valence-electron chi connectivity index (χ3n) is 2.50. The molecule has 0 unspecified atom stereocenters. The SMILES string of the molecule is CC(C)(C)OC(=O)Nc1[nH]c2cc(Br)ccc2c1C#N. The van der Waals surface area contributed by atoms with E-state index in [-0.39, 0.29) is 0 Å². The number of nitriles is 1. The Balaban J connectivity index is 2.35. The van der Waals surface area contributed by atoms with Gasteiger partial charge in [-0.05, 0) is 32.9 Å². The van der Waals surface area contributed by atoms with E-state index in [0.717, 1.165) is 15.4 Å². The van der Waals surface area contributed by atoms with Gasteiger partial charge >= 0.3 is 6.09 Å². The highest BCUT2D eigenvalue weighted by Gasteiger charge is 2.19. The number of amides is 1. The van der Waals surface area contributed by atoms with Crippen LogP contribution in [0, 0.1) is 11.3 Å². The number of fused-ring (bicyclic) bond motifs is 1. The molecule has 2 rings (SSSR count). The van der Waals surface area contributed by atoms with Crippen molar-refractivity contribution in [2.24, 2.45) is 0 Å². The summed E-state index contributed by atoms with van der Waals surface area (Å²) in [6, 6.07) is 7.59. The molecule has 0 fully saturated rings. The average Bonchev–Trinajstić information content (AvgIpc) is 2.62. The number of nitrogens with zero attached hydrogens (tertiary/aromatic N) is 1. The second-order valence-corrected chi connectivity index (χ2v) is 6.22. The van der Waals surface area contributed by atoms with Crippen molar-refractivity contribution in [3.05, 3.63) is 28.2 Å². The number of hydrogen-bond donors (Lipinski definition) is 2. The normalized spacial score (nSPS) is 11.2. The molecule has 6 heteroatoms. The average molecular weight is 336 g/mol. The number of carbonyl (C=O) groups is 1. The van der Waals surface area contributed by atoms with E-state index in [2.05, 4.69) is 32.3 Å². The standard InChI is InChI=1S/C14H14BrN3O2/c1-14(2,3)20-13(19)18-12-10(7-16)9-5-4-8(15)6-11(9)17-12/h4-6,17H,1-3H3,(H,18,19). The van der Waals surface area contributed by atoms with Crippen molar-refractivity contribution in [1.29, 1.82) is 5.26 Å². The van der Waals surface area contributed by atoms with Crippen LogP contribution in [0.2, 0.25) is 0 Å². The maximum absolute atomic E-state index is 11.8. The van der Waals surface area contributed by atoms with Gasteiger partial charge in [0.15, 0.2) is 0 Å². The zero-order valence-corrected chi connectivity index (χ0v) is 13.0. The van der Waals surface area contributed by atoms with E-state index >= 15 is 0 Å². The van der Waals surface area contributed by atoms with E-state index in [0.29, 0.717) is 11.4 Å². The molecule has 0 atom stereocenters. The lowest BCUT2D eigenvalue weighted by molar-refractivity contribution is 0.0635. The van der Waals surface area contributed by atoms with Gasteiger partial charge in [-0.2, -0.15) is 5.26 Å². The molecule has 104 valence electrons. The first-order valence-electron chi connectivity index (χ1n) is 6.01. The number of aromatic nitrogens is 1. The van der Waals surface area contributed by atoms with Gasteiger partial charge in [0.2, 0.25) is 0 Å². The van der Waals surface area contributed by atoms with Crippen molar-refractivity contribution >= 4 is 38.7 Å². The fraction of sp³-hybridized carbons (Fsp3) is 0.286. The Morgan fingerprint density at radius 2 is 2.15 bits per heavy atom. The Morgan fingerprint density at radius 3 is 2.75 bits per heavy atom. The molecule has 0 aliphatic rings. The Labute approximate surface area is 125 Å². The molecule has 0 spiro atoms. The molecular weight excluding hydrogens is 322 g/mol. The second kappa shape index (κ2) is 5.17. The minimum absolute atomic E-state index is 0.342. The third-order valence-corrected chi connectivity index (χ3v) is 2.99. The molecule has 1 aromatic carbocycles. The summed E-state index contributed by atoms with van der Waals surface area (Å²) in [7, 11) is 0. The van der Waals surface area contributed by atoms with Crippen molar-refractivity contribution in [2.45, 2.75) is 26.4 Å². The molecule has 1 amide bonds. The van der Waals surface area contributed by atoms with Crippen LogP contribution in [0.15, 0.2) is 22.7 Å². The fourth-order valence-electron chi connectivity index (χ4n) is 1.79. The number of ether oxygens (including phenoxy) is 1. The third kappa shape index (κ3) is 3.11. The van der Waals surface area contributed by atoms with Gasteiger partial charge in [0.05, 0.1) is 0 Å². The maximum Gasteiger partial charge on any atom is 0.413 e.